The lowest BCUT2D eigenvalue weighted by molar-refractivity contribution is -0.145. The maximum absolute atomic E-state index is 11.6. The number of benzene rings is 1. The van der Waals surface area contributed by atoms with Gasteiger partial charge in [0, 0.05) is 17.8 Å². The number of hydrogen-bond acceptors (Lipinski definition) is 4. The predicted octanol–water partition coefficient (Wildman–Crippen LogP) is 2.32. The highest BCUT2D eigenvalue weighted by atomic mass is 16.5. The van der Waals surface area contributed by atoms with Crippen LogP contribution in [-0.2, 0) is 19.1 Å². The van der Waals surface area contributed by atoms with E-state index in [2.05, 4.69) is 10.6 Å². The Morgan fingerprint density at radius 1 is 1.05 bits per heavy atom. The van der Waals surface area contributed by atoms with E-state index in [1.54, 1.807) is 31.2 Å². The van der Waals surface area contributed by atoms with Crippen molar-refractivity contribution in [2.24, 2.45) is 0 Å². The number of carbonyl (C=O) groups excluding carboxylic acids is 3. The molecule has 0 atom stereocenters. The summed E-state index contributed by atoms with van der Waals surface area (Å²) in [5, 5.41) is 5.32. The number of hydrogen-bond donors (Lipinski definition) is 2. The van der Waals surface area contributed by atoms with E-state index in [0.717, 1.165) is 6.42 Å². The Balaban J connectivity index is 2.58. The molecule has 0 fully saturated rings. The van der Waals surface area contributed by atoms with Gasteiger partial charge in [-0.1, -0.05) is 13.0 Å². The van der Waals surface area contributed by atoms with Gasteiger partial charge >= 0.3 is 5.97 Å². The van der Waals surface area contributed by atoms with Crippen LogP contribution in [0.15, 0.2) is 24.3 Å². The first-order valence-electron chi connectivity index (χ1n) is 6.90. The molecule has 0 bridgehead atoms. The van der Waals surface area contributed by atoms with Crippen LogP contribution in [-0.4, -0.2) is 24.4 Å². The van der Waals surface area contributed by atoms with Gasteiger partial charge in [0.1, 0.15) is 6.42 Å². The molecule has 0 aliphatic rings. The summed E-state index contributed by atoms with van der Waals surface area (Å²) in [7, 11) is 0. The van der Waals surface area contributed by atoms with Crippen molar-refractivity contribution in [2.45, 2.75) is 33.1 Å². The molecular formula is C15H20N2O4. The number of anilines is 2. The van der Waals surface area contributed by atoms with Gasteiger partial charge in [-0.25, -0.2) is 0 Å². The Bertz CT molecular complexity index is 514. The number of rotatable bonds is 7. The molecule has 0 aliphatic carbocycles. The van der Waals surface area contributed by atoms with Crippen molar-refractivity contribution in [1.82, 2.24) is 0 Å². The minimum absolute atomic E-state index is 0.0764. The highest BCUT2D eigenvalue weighted by Crippen LogP contribution is 2.15. The van der Waals surface area contributed by atoms with Gasteiger partial charge in [-0.3, -0.25) is 14.4 Å². The predicted molar refractivity (Wildman–Crippen MR) is 79.9 cm³/mol. The van der Waals surface area contributed by atoms with Crippen LogP contribution in [0.25, 0.3) is 0 Å². The van der Waals surface area contributed by atoms with E-state index in [0.29, 0.717) is 17.8 Å². The molecule has 0 saturated heterocycles. The van der Waals surface area contributed by atoms with Crippen molar-refractivity contribution in [3.63, 3.8) is 0 Å². The third-order valence-electron chi connectivity index (χ3n) is 2.52. The zero-order valence-corrected chi connectivity index (χ0v) is 12.3. The molecule has 6 heteroatoms. The van der Waals surface area contributed by atoms with Gasteiger partial charge in [0.25, 0.3) is 0 Å². The number of esters is 1. The summed E-state index contributed by atoms with van der Waals surface area (Å²) in [6.07, 6.45) is 0.876. The second kappa shape index (κ2) is 8.73. The lowest BCUT2D eigenvalue weighted by Crippen LogP contribution is -2.18. The first kappa shape index (κ1) is 16.7. The average molecular weight is 292 g/mol. The van der Waals surface area contributed by atoms with Crippen molar-refractivity contribution in [2.75, 3.05) is 17.2 Å². The van der Waals surface area contributed by atoms with E-state index in [-0.39, 0.29) is 18.9 Å². The lowest BCUT2D eigenvalue weighted by atomic mass is 10.2. The van der Waals surface area contributed by atoms with Crippen molar-refractivity contribution < 1.29 is 19.1 Å². The van der Waals surface area contributed by atoms with Gasteiger partial charge in [-0.2, -0.15) is 0 Å². The molecule has 0 unspecified atom stereocenters. The van der Waals surface area contributed by atoms with Crippen LogP contribution < -0.4 is 10.6 Å². The monoisotopic (exact) mass is 292 g/mol. The first-order chi connectivity index (χ1) is 10.0. The number of ether oxygens (including phenoxy) is 1. The van der Waals surface area contributed by atoms with E-state index >= 15 is 0 Å². The standard InChI is InChI=1S/C15H20N2O4/c1-3-6-13(18)16-11-7-5-8-12(9-11)17-14(19)10-15(20)21-4-2/h5,7-9H,3-4,6,10H2,1-2H3,(H,16,18)(H,17,19). The van der Waals surface area contributed by atoms with Crippen LogP contribution in [0.3, 0.4) is 0 Å². The van der Waals surface area contributed by atoms with Crippen LogP contribution in [0.1, 0.15) is 33.1 Å². The Hall–Kier alpha value is -2.37. The largest absolute Gasteiger partial charge is 0.466 e. The average Bonchev–Trinajstić information content (AvgIpc) is 2.39. The van der Waals surface area contributed by atoms with Gasteiger partial charge < -0.3 is 15.4 Å². The second-order valence-corrected chi connectivity index (χ2v) is 4.41. The minimum atomic E-state index is -0.567. The molecule has 1 aromatic carbocycles. The van der Waals surface area contributed by atoms with E-state index in [1.807, 2.05) is 6.92 Å². The van der Waals surface area contributed by atoms with Gasteiger partial charge in [0.05, 0.1) is 6.61 Å². The van der Waals surface area contributed by atoms with E-state index < -0.39 is 11.9 Å². The summed E-state index contributed by atoms with van der Waals surface area (Å²) in [5.41, 5.74) is 1.11. The van der Waals surface area contributed by atoms with Crippen molar-refractivity contribution in [3.05, 3.63) is 24.3 Å². The van der Waals surface area contributed by atoms with Gasteiger partial charge in [0.2, 0.25) is 11.8 Å². The Kier molecular flexibility index (Phi) is 6.94. The van der Waals surface area contributed by atoms with Crippen molar-refractivity contribution >= 4 is 29.2 Å². The Morgan fingerprint density at radius 2 is 1.67 bits per heavy atom. The molecule has 6 nitrogen and oxygen atoms in total. The molecule has 2 amide bonds. The van der Waals surface area contributed by atoms with Crippen LogP contribution >= 0.6 is 0 Å². The molecule has 0 saturated carbocycles. The molecule has 21 heavy (non-hydrogen) atoms. The molecule has 0 radical (unpaired) electrons. The molecule has 0 aromatic heterocycles. The van der Waals surface area contributed by atoms with Gasteiger partial charge in [-0.05, 0) is 31.5 Å². The number of amides is 2. The van der Waals surface area contributed by atoms with Crippen molar-refractivity contribution in [1.29, 1.82) is 0 Å². The maximum Gasteiger partial charge on any atom is 0.315 e. The third kappa shape index (κ3) is 6.56. The fraction of sp³-hybridized carbons (Fsp3) is 0.400. The van der Waals surface area contributed by atoms with Crippen LogP contribution in [0.2, 0.25) is 0 Å². The van der Waals surface area contributed by atoms with Crippen molar-refractivity contribution in [3.8, 4) is 0 Å². The Morgan fingerprint density at radius 3 is 2.24 bits per heavy atom. The summed E-state index contributed by atoms with van der Waals surface area (Å²) in [6.45, 7) is 3.84. The topological polar surface area (TPSA) is 84.5 Å². The highest BCUT2D eigenvalue weighted by molar-refractivity contribution is 6.02. The SMILES string of the molecule is CCCC(=O)Nc1cccc(NC(=O)CC(=O)OCC)c1. The molecular weight excluding hydrogens is 272 g/mol. The Labute approximate surface area is 123 Å². The zero-order chi connectivity index (χ0) is 15.7. The summed E-state index contributed by atoms with van der Waals surface area (Å²) >= 11 is 0. The molecule has 2 N–H and O–H groups in total. The summed E-state index contributed by atoms with van der Waals surface area (Å²) in [6, 6.07) is 6.76. The van der Waals surface area contributed by atoms with Crippen LogP contribution in [0.4, 0.5) is 11.4 Å². The molecule has 0 heterocycles. The fourth-order valence-corrected chi connectivity index (χ4v) is 1.67. The summed E-state index contributed by atoms with van der Waals surface area (Å²) < 4.78 is 4.70. The zero-order valence-electron chi connectivity index (χ0n) is 12.3. The molecule has 0 aliphatic heterocycles. The van der Waals surface area contributed by atoms with Crippen LogP contribution in [0.5, 0.6) is 0 Å². The van der Waals surface area contributed by atoms with Gasteiger partial charge in [0.15, 0.2) is 0 Å². The lowest BCUT2D eigenvalue weighted by Gasteiger charge is -2.08. The summed E-state index contributed by atoms with van der Waals surface area (Å²) in [5.74, 6) is -1.10. The normalized spacial score (nSPS) is 9.81. The van der Waals surface area contributed by atoms with E-state index in [1.165, 1.54) is 0 Å². The molecule has 0 spiro atoms. The van der Waals surface area contributed by atoms with Crippen LogP contribution in [0, 0.1) is 0 Å². The maximum atomic E-state index is 11.6. The van der Waals surface area contributed by atoms with Gasteiger partial charge in [-0.15, -0.1) is 0 Å². The molecule has 114 valence electrons. The molecule has 1 aromatic rings. The number of nitrogens with one attached hydrogen (secondary N) is 2. The third-order valence-corrected chi connectivity index (χ3v) is 2.52. The summed E-state index contributed by atoms with van der Waals surface area (Å²) in [4.78, 5) is 34.3. The smallest absolute Gasteiger partial charge is 0.315 e. The second-order valence-electron chi connectivity index (χ2n) is 4.41. The highest BCUT2D eigenvalue weighted by Gasteiger charge is 2.10. The number of carbonyl (C=O) groups is 3. The first-order valence-corrected chi connectivity index (χ1v) is 6.90. The van der Waals surface area contributed by atoms with E-state index in [4.69, 9.17) is 4.74 Å². The molecule has 1 rings (SSSR count). The van der Waals surface area contributed by atoms with E-state index in [9.17, 15) is 14.4 Å². The fourth-order valence-electron chi connectivity index (χ4n) is 1.67. The minimum Gasteiger partial charge on any atom is -0.466 e. The quantitative estimate of drug-likeness (QED) is 0.596.